The first-order valence-electron chi connectivity index (χ1n) is 6.27. The number of carbonyl (C=O) groups excluding carboxylic acids is 1. The van der Waals surface area contributed by atoms with Gasteiger partial charge in [0.05, 0.1) is 0 Å². The zero-order chi connectivity index (χ0) is 13.8. The molecular formula is C16H18N2O. The minimum atomic E-state index is -0.219. The highest BCUT2D eigenvalue weighted by Crippen LogP contribution is 2.19. The van der Waals surface area contributed by atoms with Crippen LogP contribution in [0.25, 0.3) is 0 Å². The Morgan fingerprint density at radius 3 is 2.16 bits per heavy atom. The molecule has 98 valence electrons. The molecule has 2 rings (SSSR count). The maximum Gasteiger partial charge on any atom is 0.323 e. The van der Waals surface area contributed by atoms with E-state index in [1.165, 1.54) is 0 Å². The topological polar surface area (TPSA) is 41.1 Å². The Hall–Kier alpha value is -2.29. The molecule has 0 saturated heterocycles. The Labute approximate surface area is 113 Å². The van der Waals surface area contributed by atoms with Crippen molar-refractivity contribution in [2.45, 2.75) is 20.8 Å². The van der Waals surface area contributed by atoms with E-state index in [1.807, 2.05) is 63.2 Å². The van der Waals surface area contributed by atoms with E-state index in [0.717, 1.165) is 28.1 Å². The number of nitrogens with one attached hydrogen (secondary N) is 2. The molecule has 0 unspecified atom stereocenters. The molecule has 0 aromatic heterocycles. The summed E-state index contributed by atoms with van der Waals surface area (Å²) >= 11 is 0. The van der Waals surface area contributed by atoms with Crippen molar-refractivity contribution < 1.29 is 4.79 Å². The molecule has 0 fully saturated rings. The minimum Gasteiger partial charge on any atom is -0.308 e. The highest BCUT2D eigenvalue weighted by molar-refractivity contribution is 6.00. The van der Waals surface area contributed by atoms with Crippen molar-refractivity contribution in [3.63, 3.8) is 0 Å². The smallest absolute Gasteiger partial charge is 0.308 e. The summed E-state index contributed by atoms with van der Waals surface area (Å²) in [7, 11) is 0. The molecule has 0 heterocycles. The predicted octanol–water partition coefficient (Wildman–Crippen LogP) is 4.26. The molecule has 2 amide bonds. The van der Waals surface area contributed by atoms with Crippen LogP contribution < -0.4 is 10.6 Å². The molecule has 0 bridgehead atoms. The van der Waals surface area contributed by atoms with Crippen molar-refractivity contribution in [2.75, 3.05) is 10.6 Å². The number of aryl methyl sites for hydroxylation is 3. The number of amides is 2. The van der Waals surface area contributed by atoms with Crippen LogP contribution in [0.5, 0.6) is 0 Å². The van der Waals surface area contributed by atoms with E-state index in [-0.39, 0.29) is 6.03 Å². The molecule has 3 heteroatoms. The molecule has 0 saturated carbocycles. The average molecular weight is 254 g/mol. The molecule has 0 radical (unpaired) electrons. The Balaban J connectivity index is 2.10. The molecule has 0 aliphatic carbocycles. The third-order valence-corrected chi connectivity index (χ3v) is 3.00. The highest BCUT2D eigenvalue weighted by Gasteiger charge is 2.07. The van der Waals surface area contributed by atoms with E-state index in [2.05, 4.69) is 10.6 Å². The third kappa shape index (κ3) is 3.35. The van der Waals surface area contributed by atoms with Gasteiger partial charge in [-0.25, -0.2) is 4.79 Å². The minimum absolute atomic E-state index is 0.219. The molecule has 0 aliphatic heterocycles. The maximum absolute atomic E-state index is 12.0. The van der Waals surface area contributed by atoms with E-state index in [9.17, 15) is 4.79 Å². The number of benzene rings is 2. The van der Waals surface area contributed by atoms with Crippen molar-refractivity contribution >= 4 is 17.4 Å². The lowest BCUT2D eigenvalue weighted by Gasteiger charge is -2.12. The van der Waals surface area contributed by atoms with Gasteiger partial charge in [-0.2, -0.15) is 0 Å². The van der Waals surface area contributed by atoms with E-state index in [1.54, 1.807) is 0 Å². The predicted molar refractivity (Wildman–Crippen MR) is 79.7 cm³/mol. The van der Waals surface area contributed by atoms with Crippen molar-refractivity contribution in [2.24, 2.45) is 0 Å². The van der Waals surface area contributed by atoms with Gasteiger partial charge in [0.15, 0.2) is 0 Å². The van der Waals surface area contributed by atoms with Crippen LogP contribution in [0.1, 0.15) is 16.7 Å². The summed E-state index contributed by atoms with van der Waals surface area (Å²) in [6, 6.07) is 13.4. The summed E-state index contributed by atoms with van der Waals surface area (Å²) in [4.78, 5) is 12.0. The molecule has 3 nitrogen and oxygen atoms in total. The van der Waals surface area contributed by atoms with Crippen LogP contribution in [0.2, 0.25) is 0 Å². The number of rotatable bonds is 2. The molecule has 2 aromatic rings. The highest BCUT2D eigenvalue weighted by atomic mass is 16.2. The van der Waals surface area contributed by atoms with E-state index < -0.39 is 0 Å². The monoisotopic (exact) mass is 254 g/mol. The van der Waals surface area contributed by atoms with Gasteiger partial charge in [0.2, 0.25) is 0 Å². The van der Waals surface area contributed by atoms with Crippen LogP contribution in [0.3, 0.4) is 0 Å². The van der Waals surface area contributed by atoms with Gasteiger partial charge in [-0.15, -0.1) is 0 Å². The maximum atomic E-state index is 12.0. The summed E-state index contributed by atoms with van der Waals surface area (Å²) in [5.74, 6) is 0. The second kappa shape index (κ2) is 5.57. The number of hydrogen-bond donors (Lipinski definition) is 2. The molecular weight excluding hydrogens is 236 g/mol. The molecule has 0 atom stereocenters. The number of anilines is 2. The molecule has 19 heavy (non-hydrogen) atoms. The van der Waals surface area contributed by atoms with Crippen LogP contribution in [-0.2, 0) is 0 Å². The normalized spacial score (nSPS) is 10.1. The first kappa shape index (κ1) is 13.1. The lowest BCUT2D eigenvalue weighted by Crippen LogP contribution is -2.20. The second-order valence-corrected chi connectivity index (χ2v) is 4.72. The summed E-state index contributed by atoms with van der Waals surface area (Å²) in [6.07, 6.45) is 0. The number of carbonyl (C=O) groups is 1. The summed E-state index contributed by atoms with van der Waals surface area (Å²) in [5.41, 5.74) is 4.89. The van der Waals surface area contributed by atoms with Gasteiger partial charge in [0, 0.05) is 11.4 Å². The van der Waals surface area contributed by atoms with Crippen LogP contribution in [-0.4, -0.2) is 6.03 Å². The Kier molecular flexibility index (Phi) is 3.85. The van der Waals surface area contributed by atoms with Gasteiger partial charge in [0.25, 0.3) is 0 Å². The zero-order valence-corrected chi connectivity index (χ0v) is 11.4. The largest absolute Gasteiger partial charge is 0.323 e. The summed E-state index contributed by atoms with van der Waals surface area (Å²) < 4.78 is 0. The van der Waals surface area contributed by atoms with Crippen LogP contribution >= 0.6 is 0 Å². The van der Waals surface area contributed by atoms with Crippen LogP contribution in [0.15, 0.2) is 42.5 Å². The first-order valence-corrected chi connectivity index (χ1v) is 6.27. The van der Waals surface area contributed by atoms with Crippen LogP contribution in [0.4, 0.5) is 16.2 Å². The fourth-order valence-electron chi connectivity index (χ4n) is 2.01. The SMILES string of the molecule is Cc1cccc(NC(=O)Nc2c(C)cccc2C)c1. The Morgan fingerprint density at radius 1 is 0.895 bits per heavy atom. The van der Waals surface area contributed by atoms with Gasteiger partial charge in [-0.1, -0.05) is 30.3 Å². The van der Waals surface area contributed by atoms with Crippen molar-refractivity contribution in [3.8, 4) is 0 Å². The number of urea groups is 1. The fourth-order valence-corrected chi connectivity index (χ4v) is 2.01. The van der Waals surface area contributed by atoms with Crippen molar-refractivity contribution in [1.82, 2.24) is 0 Å². The van der Waals surface area contributed by atoms with Gasteiger partial charge in [-0.3, -0.25) is 0 Å². The summed E-state index contributed by atoms with van der Waals surface area (Å²) in [6.45, 7) is 5.96. The number of para-hydroxylation sites is 1. The van der Waals surface area contributed by atoms with E-state index >= 15 is 0 Å². The van der Waals surface area contributed by atoms with E-state index in [0.29, 0.717) is 0 Å². The lowest BCUT2D eigenvalue weighted by molar-refractivity contribution is 0.262. The first-order chi connectivity index (χ1) is 9.06. The summed E-state index contributed by atoms with van der Waals surface area (Å²) in [5, 5.41) is 5.73. The quantitative estimate of drug-likeness (QED) is 0.826. The molecule has 0 aliphatic rings. The van der Waals surface area contributed by atoms with E-state index in [4.69, 9.17) is 0 Å². The standard InChI is InChI=1S/C16H18N2O/c1-11-6-4-9-14(10-11)17-16(19)18-15-12(2)7-5-8-13(15)3/h4-10H,1-3H3,(H2,17,18,19). The van der Waals surface area contributed by atoms with Crippen molar-refractivity contribution in [3.05, 3.63) is 59.2 Å². The number of hydrogen-bond acceptors (Lipinski definition) is 1. The van der Waals surface area contributed by atoms with Gasteiger partial charge in [-0.05, 0) is 49.6 Å². The Bertz CT molecular complexity index is 585. The third-order valence-electron chi connectivity index (χ3n) is 3.00. The second-order valence-electron chi connectivity index (χ2n) is 4.72. The zero-order valence-electron chi connectivity index (χ0n) is 11.4. The van der Waals surface area contributed by atoms with Gasteiger partial charge >= 0.3 is 6.03 Å². The lowest BCUT2D eigenvalue weighted by atomic mass is 10.1. The van der Waals surface area contributed by atoms with Gasteiger partial charge in [0.1, 0.15) is 0 Å². The molecule has 2 aromatic carbocycles. The van der Waals surface area contributed by atoms with Crippen LogP contribution in [0, 0.1) is 20.8 Å². The molecule has 2 N–H and O–H groups in total. The van der Waals surface area contributed by atoms with Crippen molar-refractivity contribution in [1.29, 1.82) is 0 Å². The molecule has 0 spiro atoms. The average Bonchev–Trinajstić information content (AvgIpc) is 2.34. The van der Waals surface area contributed by atoms with Gasteiger partial charge < -0.3 is 10.6 Å². The Morgan fingerprint density at radius 2 is 1.53 bits per heavy atom. The fraction of sp³-hybridized carbons (Fsp3) is 0.188.